The van der Waals surface area contributed by atoms with Gasteiger partial charge in [0.15, 0.2) is 0 Å². The SMILES string of the molecule is CC1CCN(C(=O)C2CCCC2)C(C(=O)O)C1. The van der Waals surface area contributed by atoms with Crippen LogP contribution in [0.3, 0.4) is 0 Å². The van der Waals surface area contributed by atoms with Crippen molar-refractivity contribution in [2.45, 2.75) is 51.5 Å². The molecule has 0 radical (unpaired) electrons. The fourth-order valence-electron chi connectivity index (χ4n) is 3.05. The lowest BCUT2D eigenvalue weighted by Crippen LogP contribution is -2.51. The van der Waals surface area contributed by atoms with Gasteiger partial charge in [0.05, 0.1) is 0 Å². The first kappa shape index (κ1) is 12.4. The Bertz CT molecular complexity index is 310. The summed E-state index contributed by atoms with van der Waals surface area (Å²) in [6.07, 6.45) is 5.64. The molecule has 2 atom stereocenters. The summed E-state index contributed by atoms with van der Waals surface area (Å²) < 4.78 is 0. The van der Waals surface area contributed by atoms with Crippen LogP contribution in [0.5, 0.6) is 0 Å². The van der Waals surface area contributed by atoms with Gasteiger partial charge in [-0.1, -0.05) is 19.8 Å². The summed E-state index contributed by atoms with van der Waals surface area (Å²) in [5.74, 6) is -0.265. The van der Waals surface area contributed by atoms with Crippen LogP contribution in [0.25, 0.3) is 0 Å². The molecule has 2 rings (SSSR count). The number of piperidine rings is 1. The van der Waals surface area contributed by atoms with Gasteiger partial charge in [-0.15, -0.1) is 0 Å². The summed E-state index contributed by atoms with van der Waals surface area (Å²) >= 11 is 0. The van der Waals surface area contributed by atoms with E-state index < -0.39 is 12.0 Å². The molecule has 1 saturated heterocycles. The molecule has 17 heavy (non-hydrogen) atoms. The smallest absolute Gasteiger partial charge is 0.326 e. The third-order valence-corrected chi connectivity index (χ3v) is 4.14. The number of hydrogen-bond donors (Lipinski definition) is 1. The van der Waals surface area contributed by atoms with Gasteiger partial charge in [-0.3, -0.25) is 4.79 Å². The van der Waals surface area contributed by atoms with Crippen molar-refractivity contribution in [3.8, 4) is 0 Å². The van der Waals surface area contributed by atoms with Crippen LogP contribution in [-0.4, -0.2) is 34.5 Å². The highest BCUT2D eigenvalue weighted by Gasteiger charge is 2.37. The molecule has 4 nitrogen and oxygen atoms in total. The molecule has 1 aliphatic carbocycles. The van der Waals surface area contributed by atoms with Gasteiger partial charge in [0.25, 0.3) is 0 Å². The topological polar surface area (TPSA) is 57.6 Å². The van der Waals surface area contributed by atoms with Gasteiger partial charge in [-0.2, -0.15) is 0 Å². The molecule has 1 amide bonds. The van der Waals surface area contributed by atoms with Crippen LogP contribution in [-0.2, 0) is 9.59 Å². The van der Waals surface area contributed by atoms with Crippen molar-refractivity contribution in [1.82, 2.24) is 4.90 Å². The Labute approximate surface area is 102 Å². The Kier molecular flexibility index (Phi) is 3.69. The minimum absolute atomic E-state index is 0.0850. The second-order valence-corrected chi connectivity index (χ2v) is 5.50. The highest BCUT2D eigenvalue weighted by atomic mass is 16.4. The molecule has 1 aliphatic heterocycles. The zero-order valence-corrected chi connectivity index (χ0v) is 10.4. The summed E-state index contributed by atoms with van der Waals surface area (Å²) in [7, 11) is 0. The van der Waals surface area contributed by atoms with E-state index in [0.717, 1.165) is 32.1 Å². The molecular weight excluding hydrogens is 218 g/mol. The van der Waals surface area contributed by atoms with Gasteiger partial charge < -0.3 is 10.0 Å². The second kappa shape index (κ2) is 5.07. The highest BCUT2D eigenvalue weighted by molar-refractivity contribution is 5.85. The lowest BCUT2D eigenvalue weighted by atomic mass is 9.91. The Balaban J connectivity index is 2.06. The molecule has 0 aromatic rings. The van der Waals surface area contributed by atoms with Crippen molar-refractivity contribution in [2.24, 2.45) is 11.8 Å². The minimum atomic E-state index is -0.845. The van der Waals surface area contributed by atoms with E-state index in [-0.39, 0.29) is 11.8 Å². The quantitative estimate of drug-likeness (QED) is 0.800. The lowest BCUT2D eigenvalue weighted by molar-refractivity contribution is -0.154. The third-order valence-electron chi connectivity index (χ3n) is 4.14. The molecule has 96 valence electrons. The van der Waals surface area contributed by atoms with Crippen LogP contribution in [0.4, 0.5) is 0 Å². The molecule has 1 N–H and O–H groups in total. The number of carboxylic acids is 1. The van der Waals surface area contributed by atoms with Crippen LogP contribution < -0.4 is 0 Å². The summed E-state index contributed by atoms with van der Waals surface area (Å²) in [5, 5.41) is 9.22. The number of amides is 1. The van der Waals surface area contributed by atoms with E-state index in [9.17, 15) is 14.7 Å². The summed E-state index contributed by atoms with van der Waals surface area (Å²) in [5.41, 5.74) is 0. The first-order chi connectivity index (χ1) is 8.09. The second-order valence-electron chi connectivity index (χ2n) is 5.50. The van der Waals surface area contributed by atoms with Gasteiger partial charge in [-0.25, -0.2) is 4.79 Å². The van der Waals surface area contributed by atoms with Gasteiger partial charge in [0.2, 0.25) is 5.91 Å². The number of carbonyl (C=O) groups excluding carboxylic acids is 1. The molecule has 0 bridgehead atoms. The van der Waals surface area contributed by atoms with E-state index in [0.29, 0.717) is 18.9 Å². The standard InChI is InChI=1S/C13H21NO3/c1-9-6-7-14(11(8-9)13(16)17)12(15)10-4-2-3-5-10/h9-11H,2-8H2,1H3,(H,16,17). The normalized spacial score (nSPS) is 30.5. The lowest BCUT2D eigenvalue weighted by Gasteiger charge is -2.37. The van der Waals surface area contributed by atoms with E-state index in [4.69, 9.17) is 0 Å². The van der Waals surface area contributed by atoms with E-state index in [2.05, 4.69) is 6.92 Å². The molecule has 0 aromatic heterocycles. The van der Waals surface area contributed by atoms with Crippen molar-refractivity contribution in [2.75, 3.05) is 6.54 Å². The first-order valence-corrected chi connectivity index (χ1v) is 6.63. The van der Waals surface area contributed by atoms with Crippen LogP contribution in [0.1, 0.15) is 45.4 Å². The largest absolute Gasteiger partial charge is 0.480 e. The van der Waals surface area contributed by atoms with Gasteiger partial charge >= 0.3 is 5.97 Å². The summed E-state index contributed by atoms with van der Waals surface area (Å²) in [6.45, 7) is 2.68. The van der Waals surface area contributed by atoms with Crippen molar-refractivity contribution in [3.05, 3.63) is 0 Å². The number of aliphatic carboxylic acids is 1. The first-order valence-electron chi connectivity index (χ1n) is 6.63. The van der Waals surface area contributed by atoms with E-state index in [1.54, 1.807) is 4.90 Å². The zero-order chi connectivity index (χ0) is 12.4. The van der Waals surface area contributed by atoms with E-state index in [1.807, 2.05) is 0 Å². The molecule has 2 unspecified atom stereocenters. The van der Waals surface area contributed by atoms with Crippen LogP contribution in [0.2, 0.25) is 0 Å². The molecule has 2 fully saturated rings. The predicted molar refractivity (Wildman–Crippen MR) is 63.5 cm³/mol. The molecule has 2 aliphatic rings. The van der Waals surface area contributed by atoms with Crippen LogP contribution >= 0.6 is 0 Å². The maximum Gasteiger partial charge on any atom is 0.326 e. The summed E-state index contributed by atoms with van der Waals surface area (Å²) in [6, 6.07) is -0.591. The van der Waals surface area contributed by atoms with Crippen molar-refractivity contribution >= 4 is 11.9 Å². The maximum atomic E-state index is 12.3. The van der Waals surface area contributed by atoms with E-state index in [1.165, 1.54) is 0 Å². The number of likely N-dealkylation sites (tertiary alicyclic amines) is 1. The number of hydrogen-bond acceptors (Lipinski definition) is 2. The highest BCUT2D eigenvalue weighted by Crippen LogP contribution is 2.30. The van der Waals surface area contributed by atoms with Gasteiger partial charge in [-0.05, 0) is 31.6 Å². The molecule has 1 heterocycles. The van der Waals surface area contributed by atoms with E-state index >= 15 is 0 Å². The molecule has 0 aromatic carbocycles. The number of carbonyl (C=O) groups is 2. The van der Waals surface area contributed by atoms with Crippen molar-refractivity contribution in [1.29, 1.82) is 0 Å². The fraction of sp³-hybridized carbons (Fsp3) is 0.846. The molecular formula is C13H21NO3. The Morgan fingerprint density at radius 3 is 2.41 bits per heavy atom. The Morgan fingerprint density at radius 1 is 1.18 bits per heavy atom. The average Bonchev–Trinajstić information content (AvgIpc) is 2.81. The van der Waals surface area contributed by atoms with Crippen molar-refractivity contribution < 1.29 is 14.7 Å². The average molecular weight is 239 g/mol. The van der Waals surface area contributed by atoms with Crippen LogP contribution in [0.15, 0.2) is 0 Å². The monoisotopic (exact) mass is 239 g/mol. The zero-order valence-electron chi connectivity index (χ0n) is 10.4. The number of nitrogens with zero attached hydrogens (tertiary/aromatic N) is 1. The van der Waals surface area contributed by atoms with Crippen molar-refractivity contribution in [3.63, 3.8) is 0 Å². The Morgan fingerprint density at radius 2 is 1.82 bits per heavy atom. The fourth-order valence-corrected chi connectivity index (χ4v) is 3.05. The van der Waals surface area contributed by atoms with Gasteiger partial charge in [0, 0.05) is 12.5 Å². The Hall–Kier alpha value is -1.06. The predicted octanol–water partition coefficient (Wildman–Crippen LogP) is 1.89. The molecule has 4 heteroatoms. The number of carboxylic acid groups (broad SMARTS) is 1. The third kappa shape index (κ3) is 2.61. The number of rotatable bonds is 2. The molecule has 1 saturated carbocycles. The summed E-state index contributed by atoms with van der Waals surface area (Å²) in [4.78, 5) is 25.1. The molecule has 0 spiro atoms. The maximum absolute atomic E-state index is 12.3. The van der Waals surface area contributed by atoms with Crippen LogP contribution in [0, 0.1) is 11.8 Å². The minimum Gasteiger partial charge on any atom is -0.480 e. The van der Waals surface area contributed by atoms with Gasteiger partial charge in [0.1, 0.15) is 6.04 Å².